The van der Waals surface area contributed by atoms with Crippen molar-refractivity contribution < 1.29 is 13.6 Å². The molecule has 0 saturated heterocycles. The second-order valence-electron chi connectivity index (χ2n) is 2.77. The van der Waals surface area contributed by atoms with Crippen LogP contribution in [0.4, 0.5) is 8.78 Å². The maximum Gasteiger partial charge on any atom is 0.266 e. The summed E-state index contributed by atoms with van der Waals surface area (Å²) in [6, 6.07) is 1.54. The molecule has 0 atom stereocenters. The third-order valence-corrected chi connectivity index (χ3v) is 2.38. The number of halogens is 3. The normalized spacial score (nSPS) is 10.6. The molecule has 0 unspecified atom stereocenters. The molecule has 14 heavy (non-hydrogen) atoms. The number of pyridine rings is 1. The van der Waals surface area contributed by atoms with Gasteiger partial charge < -0.3 is 0 Å². The highest BCUT2D eigenvalue weighted by atomic mass is 79.9. The topological polar surface area (TPSA) is 30.0 Å². The predicted octanol–water partition coefficient (Wildman–Crippen LogP) is 3.04. The van der Waals surface area contributed by atoms with E-state index in [2.05, 4.69) is 20.9 Å². The Labute approximate surface area is 88.5 Å². The molecule has 0 aromatic carbocycles. The lowest BCUT2D eigenvalue weighted by Crippen LogP contribution is -2.03. The maximum absolute atomic E-state index is 12.6. The Kier molecular flexibility index (Phi) is 3.69. The van der Waals surface area contributed by atoms with Gasteiger partial charge in [0, 0.05) is 11.0 Å². The summed E-state index contributed by atoms with van der Waals surface area (Å²) in [6.45, 7) is 1.66. The number of aldehydes is 1. The Morgan fingerprint density at radius 1 is 1.64 bits per heavy atom. The fourth-order valence-corrected chi connectivity index (χ4v) is 1.69. The van der Waals surface area contributed by atoms with E-state index < -0.39 is 6.43 Å². The van der Waals surface area contributed by atoms with E-state index in [-0.39, 0.29) is 16.6 Å². The molecule has 1 rings (SSSR count). The van der Waals surface area contributed by atoms with Crippen molar-refractivity contribution in [2.45, 2.75) is 18.7 Å². The van der Waals surface area contributed by atoms with Crippen LogP contribution in [0.3, 0.4) is 0 Å². The molecule has 0 radical (unpaired) electrons. The predicted molar refractivity (Wildman–Crippen MR) is 51.9 cm³/mol. The summed E-state index contributed by atoms with van der Waals surface area (Å²) < 4.78 is 25.1. The molecular weight excluding hydrogens is 256 g/mol. The largest absolute Gasteiger partial charge is 0.296 e. The van der Waals surface area contributed by atoms with Crippen LogP contribution in [-0.4, -0.2) is 11.3 Å². The highest BCUT2D eigenvalue weighted by Crippen LogP contribution is 2.27. The van der Waals surface area contributed by atoms with Gasteiger partial charge in [0.15, 0.2) is 6.29 Å². The van der Waals surface area contributed by atoms with Crippen LogP contribution in [0.15, 0.2) is 6.07 Å². The highest BCUT2D eigenvalue weighted by Gasteiger charge is 2.18. The maximum atomic E-state index is 12.6. The van der Waals surface area contributed by atoms with Crippen molar-refractivity contribution in [1.29, 1.82) is 0 Å². The summed E-state index contributed by atoms with van der Waals surface area (Å²) in [5.41, 5.74) is 0.525. The van der Waals surface area contributed by atoms with Gasteiger partial charge in [-0.25, -0.2) is 13.8 Å². The molecular formula is C9H8BrF2NO. The lowest BCUT2D eigenvalue weighted by molar-refractivity contribution is 0.110. The number of nitrogens with zero attached hydrogens (tertiary/aromatic N) is 1. The molecule has 1 aromatic heterocycles. The number of carbonyl (C=O) groups is 1. The van der Waals surface area contributed by atoms with E-state index in [1.54, 1.807) is 13.0 Å². The van der Waals surface area contributed by atoms with Crippen molar-refractivity contribution in [3.63, 3.8) is 0 Å². The van der Waals surface area contributed by atoms with Crippen molar-refractivity contribution in [1.82, 2.24) is 4.98 Å². The quantitative estimate of drug-likeness (QED) is 0.620. The van der Waals surface area contributed by atoms with Crippen LogP contribution in [-0.2, 0) is 5.33 Å². The van der Waals surface area contributed by atoms with Gasteiger partial charge in [0.2, 0.25) is 0 Å². The van der Waals surface area contributed by atoms with Crippen LogP contribution in [0.1, 0.15) is 33.7 Å². The monoisotopic (exact) mass is 263 g/mol. The van der Waals surface area contributed by atoms with Crippen LogP contribution >= 0.6 is 15.9 Å². The molecule has 0 aliphatic rings. The number of alkyl halides is 3. The Bertz CT molecular complexity index is 355. The Hall–Kier alpha value is -0.840. The lowest BCUT2D eigenvalue weighted by Gasteiger charge is -2.09. The molecule has 0 fully saturated rings. The van der Waals surface area contributed by atoms with Crippen LogP contribution in [0, 0.1) is 6.92 Å². The molecule has 0 aliphatic heterocycles. The average Bonchev–Trinajstić information content (AvgIpc) is 2.15. The van der Waals surface area contributed by atoms with Gasteiger partial charge in [-0.05, 0) is 18.6 Å². The van der Waals surface area contributed by atoms with Gasteiger partial charge in [-0.15, -0.1) is 0 Å². The van der Waals surface area contributed by atoms with Crippen molar-refractivity contribution >= 4 is 22.2 Å². The molecule has 0 N–H and O–H groups in total. The number of carbonyl (C=O) groups excluding carboxylic acids is 1. The van der Waals surface area contributed by atoms with Gasteiger partial charge in [-0.1, -0.05) is 15.9 Å². The standard InChI is InChI=1S/C9H8BrF2NO/c1-5-2-6(3-10)8(9(11)12)7(4-14)13-5/h2,4,9H,3H2,1H3. The highest BCUT2D eigenvalue weighted by molar-refractivity contribution is 9.08. The molecule has 0 saturated carbocycles. The van der Waals surface area contributed by atoms with E-state index in [1.165, 1.54) is 0 Å². The molecule has 2 nitrogen and oxygen atoms in total. The summed E-state index contributed by atoms with van der Waals surface area (Å²) in [5, 5.41) is 0.289. The minimum atomic E-state index is -2.67. The molecule has 0 spiro atoms. The fourth-order valence-electron chi connectivity index (χ4n) is 1.23. The van der Waals surface area contributed by atoms with Gasteiger partial charge >= 0.3 is 0 Å². The van der Waals surface area contributed by atoms with Gasteiger partial charge in [0.05, 0.1) is 5.56 Å². The molecule has 1 aromatic rings. The number of rotatable bonds is 3. The van der Waals surface area contributed by atoms with Gasteiger partial charge in [0.1, 0.15) is 5.69 Å². The smallest absolute Gasteiger partial charge is 0.266 e. The van der Waals surface area contributed by atoms with Crippen LogP contribution in [0.5, 0.6) is 0 Å². The van der Waals surface area contributed by atoms with Crippen LogP contribution in [0.25, 0.3) is 0 Å². The zero-order chi connectivity index (χ0) is 10.7. The Balaban J connectivity index is 3.40. The van der Waals surface area contributed by atoms with Crippen molar-refractivity contribution in [2.24, 2.45) is 0 Å². The van der Waals surface area contributed by atoms with Gasteiger partial charge in [-0.3, -0.25) is 4.79 Å². The van der Waals surface area contributed by atoms with Crippen molar-refractivity contribution in [3.05, 3.63) is 28.6 Å². The number of aryl methyl sites for hydroxylation is 1. The van der Waals surface area contributed by atoms with E-state index in [9.17, 15) is 13.6 Å². The van der Waals surface area contributed by atoms with Crippen LogP contribution < -0.4 is 0 Å². The Morgan fingerprint density at radius 2 is 2.29 bits per heavy atom. The fraction of sp³-hybridized carbons (Fsp3) is 0.333. The molecule has 0 aliphatic carbocycles. The summed E-state index contributed by atoms with van der Waals surface area (Å²) in [6.07, 6.45) is -2.31. The van der Waals surface area contributed by atoms with E-state index in [1.807, 2.05) is 0 Å². The molecule has 76 valence electrons. The average molecular weight is 264 g/mol. The molecule has 5 heteroatoms. The SMILES string of the molecule is Cc1cc(CBr)c(C(F)F)c(C=O)n1. The summed E-state index contributed by atoms with van der Waals surface area (Å²) in [7, 11) is 0. The first kappa shape index (κ1) is 11.2. The molecule has 0 bridgehead atoms. The zero-order valence-electron chi connectivity index (χ0n) is 7.43. The van der Waals surface area contributed by atoms with E-state index in [0.717, 1.165) is 0 Å². The minimum Gasteiger partial charge on any atom is -0.296 e. The van der Waals surface area contributed by atoms with Crippen LogP contribution in [0.2, 0.25) is 0 Å². The summed E-state index contributed by atoms with van der Waals surface area (Å²) >= 11 is 3.10. The number of hydrogen-bond donors (Lipinski definition) is 0. The minimum absolute atomic E-state index is 0.172. The second-order valence-corrected chi connectivity index (χ2v) is 3.33. The first-order chi connectivity index (χ1) is 6.60. The second kappa shape index (κ2) is 4.59. The number of aromatic nitrogens is 1. The third kappa shape index (κ3) is 2.15. The van der Waals surface area contributed by atoms with Crippen molar-refractivity contribution in [2.75, 3.05) is 0 Å². The lowest BCUT2D eigenvalue weighted by atomic mass is 10.1. The van der Waals surface area contributed by atoms with Gasteiger partial charge in [0.25, 0.3) is 6.43 Å². The Morgan fingerprint density at radius 3 is 2.71 bits per heavy atom. The van der Waals surface area contributed by atoms with E-state index >= 15 is 0 Å². The van der Waals surface area contributed by atoms with Crippen molar-refractivity contribution in [3.8, 4) is 0 Å². The first-order valence-corrected chi connectivity index (χ1v) is 5.02. The zero-order valence-corrected chi connectivity index (χ0v) is 9.01. The first-order valence-electron chi connectivity index (χ1n) is 3.89. The summed E-state index contributed by atoms with van der Waals surface area (Å²) in [5.74, 6) is 0. The molecule has 1 heterocycles. The molecule has 0 amide bonds. The van der Waals surface area contributed by atoms with Gasteiger partial charge in [-0.2, -0.15) is 0 Å². The third-order valence-electron chi connectivity index (χ3n) is 1.78. The van der Waals surface area contributed by atoms with E-state index in [4.69, 9.17) is 0 Å². The number of hydrogen-bond acceptors (Lipinski definition) is 2. The summed E-state index contributed by atoms with van der Waals surface area (Å²) in [4.78, 5) is 14.3. The van der Waals surface area contributed by atoms with E-state index in [0.29, 0.717) is 17.5 Å².